The van der Waals surface area contributed by atoms with Crippen molar-refractivity contribution in [2.75, 3.05) is 18.0 Å². The molecule has 0 aliphatic carbocycles. The van der Waals surface area contributed by atoms with Crippen LogP contribution in [-0.4, -0.2) is 46.0 Å². The number of halogens is 1. The number of benzene rings is 1. The predicted octanol–water partition coefficient (Wildman–Crippen LogP) is 1.16. The van der Waals surface area contributed by atoms with Gasteiger partial charge in [0.15, 0.2) is 5.16 Å². The summed E-state index contributed by atoms with van der Waals surface area (Å²) in [7, 11) is 0. The van der Waals surface area contributed by atoms with E-state index in [2.05, 4.69) is 28.1 Å². The first-order chi connectivity index (χ1) is 11.5. The number of ether oxygens (including phenoxy) is 1. The maximum Gasteiger partial charge on any atom is 0.414 e. The normalized spacial score (nSPS) is 17.0. The van der Waals surface area contributed by atoms with E-state index in [1.807, 2.05) is 0 Å². The van der Waals surface area contributed by atoms with Gasteiger partial charge in [-0.15, -0.1) is 22.8 Å². The highest BCUT2D eigenvalue weighted by atomic mass is 32.1. The first kappa shape index (κ1) is 16.2. The van der Waals surface area contributed by atoms with E-state index in [0.29, 0.717) is 5.69 Å². The molecule has 8 nitrogen and oxygen atoms in total. The van der Waals surface area contributed by atoms with Crippen molar-refractivity contribution in [2.24, 2.45) is 0 Å². The first-order valence-corrected chi connectivity index (χ1v) is 7.52. The molecular weight excluding hydrogens is 337 g/mol. The zero-order valence-corrected chi connectivity index (χ0v) is 13.5. The van der Waals surface area contributed by atoms with E-state index < -0.39 is 18.0 Å². The van der Waals surface area contributed by atoms with E-state index in [4.69, 9.17) is 4.74 Å². The van der Waals surface area contributed by atoms with Crippen molar-refractivity contribution in [3.8, 4) is 5.69 Å². The number of thiol groups is 1. The standard InChI is InChI=1S/C14H14FN5O3S/c1-8(21)16-5-10-6-19(14(22)23-10)9-2-3-12(11(15)4-9)20-7-17-18-13(20)24/h2-4,7,10H,5-6H2,1H3,(H,16,21)(H,18,24)/t10-/m0/s1. The Morgan fingerprint density at radius 1 is 1.54 bits per heavy atom. The minimum Gasteiger partial charge on any atom is -0.442 e. The van der Waals surface area contributed by atoms with E-state index >= 15 is 0 Å². The summed E-state index contributed by atoms with van der Waals surface area (Å²) in [5.74, 6) is -0.767. The molecule has 1 aliphatic rings. The Balaban J connectivity index is 1.78. The van der Waals surface area contributed by atoms with Crippen LogP contribution < -0.4 is 10.2 Å². The third-order valence-corrected chi connectivity index (χ3v) is 3.79. The smallest absolute Gasteiger partial charge is 0.414 e. The largest absolute Gasteiger partial charge is 0.442 e. The molecule has 24 heavy (non-hydrogen) atoms. The van der Waals surface area contributed by atoms with Gasteiger partial charge in [-0.05, 0) is 18.2 Å². The summed E-state index contributed by atoms with van der Waals surface area (Å²) < 4.78 is 20.9. The molecular formula is C14H14FN5O3S. The van der Waals surface area contributed by atoms with Crippen molar-refractivity contribution in [2.45, 2.75) is 18.2 Å². The zero-order valence-electron chi connectivity index (χ0n) is 12.6. The van der Waals surface area contributed by atoms with Crippen LogP contribution in [0.1, 0.15) is 6.92 Å². The molecule has 1 aromatic carbocycles. The van der Waals surface area contributed by atoms with Crippen molar-refractivity contribution in [1.82, 2.24) is 20.1 Å². The van der Waals surface area contributed by atoms with Crippen LogP contribution in [0.5, 0.6) is 0 Å². The number of cyclic esters (lactones) is 1. The number of nitrogens with zero attached hydrogens (tertiary/aromatic N) is 4. The van der Waals surface area contributed by atoms with Crippen LogP contribution in [0.3, 0.4) is 0 Å². The average Bonchev–Trinajstić information content (AvgIpc) is 3.11. The van der Waals surface area contributed by atoms with Crippen molar-refractivity contribution < 1.29 is 18.7 Å². The molecule has 0 saturated carbocycles. The molecule has 10 heteroatoms. The van der Waals surface area contributed by atoms with E-state index in [9.17, 15) is 14.0 Å². The lowest BCUT2D eigenvalue weighted by Gasteiger charge is -2.14. The van der Waals surface area contributed by atoms with Gasteiger partial charge in [-0.3, -0.25) is 14.3 Å². The Hall–Kier alpha value is -2.62. The van der Waals surface area contributed by atoms with Crippen molar-refractivity contribution >= 4 is 30.3 Å². The third-order valence-electron chi connectivity index (χ3n) is 3.48. The van der Waals surface area contributed by atoms with Gasteiger partial charge in [-0.25, -0.2) is 9.18 Å². The van der Waals surface area contributed by atoms with Crippen molar-refractivity contribution in [1.29, 1.82) is 0 Å². The number of hydrogen-bond donors (Lipinski definition) is 2. The van der Waals surface area contributed by atoms with E-state index in [1.54, 1.807) is 6.07 Å². The molecule has 2 aromatic rings. The molecule has 1 atom stereocenters. The van der Waals surface area contributed by atoms with Gasteiger partial charge in [0.1, 0.15) is 18.2 Å². The maximum absolute atomic E-state index is 14.4. The van der Waals surface area contributed by atoms with Gasteiger partial charge in [0.25, 0.3) is 0 Å². The number of nitrogens with one attached hydrogen (secondary N) is 1. The number of carbonyl (C=O) groups is 2. The molecule has 1 aromatic heterocycles. The van der Waals surface area contributed by atoms with E-state index in [-0.39, 0.29) is 29.8 Å². The molecule has 0 unspecified atom stereocenters. The number of anilines is 1. The molecule has 1 saturated heterocycles. The lowest BCUT2D eigenvalue weighted by atomic mass is 10.2. The molecule has 2 amide bonds. The molecule has 2 heterocycles. The molecule has 1 fully saturated rings. The Kier molecular flexibility index (Phi) is 4.38. The summed E-state index contributed by atoms with van der Waals surface area (Å²) in [5, 5.41) is 10.2. The summed E-state index contributed by atoms with van der Waals surface area (Å²) in [5.41, 5.74) is 0.580. The van der Waals surface area contributed by atoms with Gasteiger partial charge >= 0.3 is 6.09 Å². The summed E-state index contributed by atoms with van der Waals surface area (Å²) in [6.45, 7) is 1.81. The summed E-state index contributed by atoms with van der Waals surface area (Å²) >= 11 is 4.09. The molecule has 0 radical (unpaired) electrons. The molecule has 1 aliphatic heterocycles. The van der Waals surface area contributed by atoms with Crippen LogP contribution in [0, 0.1) is 5.82 Å². The number of rotatable bonds is 4. The second-order valence-corrected chi connectivity index (χ2v) is 5.59. The molecule has 3 rings (SSSR count). The predicted molar refractivity (Wildman–Crippen MR) is 84.9 cm³/mol. The quantitative estimate of drug-likeness (QED) is 0.807. The highest BCUT2D eigenvalue weighted by molar-refractivity contribution is 7.80. The van der Waals surface area contributed by atoms with Gasteiger partial charge in [0, 0.05) is 6.92 Å². The number of aromatic nitrogens is 3. The van der Waals surface area contributed by atoms with Crippen LogP contribution in [-0.2, 0) is 9.53 Å². The monoisotopic (exact) mass is 351 g/mol. The van der Waals surface area contributed by atoms with Crippen LogP contribution in [0.2, 0.25) is 0 Å². The fourth-order valence-electron chi connectivity index (χ4n) is 2.35. The highest BCUT2D eigenvalue weighted by Crippen LogP contribution is 2.26. The maximum atomic E-state index is 14.4. The summed E-state index contributed by atoms with van der Waals surface area (Å²) in [4.78, 5) is 24.2. The second-order valence-electron chi connectivity index (χ2n) is 5.19. The van der Waals surface area contributed by atoms with Crippen LogP contribution >= 0.6 is 12.6 Å². The van der Waals surface area contributed by atoms with Gasteiger partial charge in [-0.1, -0.05) is 0 Å². The first-order valence-electron chi connectivity index (χ1n) is 7.07. The average molecular weight is 351 g/mol. The summed E-state index contributed by atoms with van der Waals surface area (Å²) in [6.07, 6.45) is 0.274. The van der Waals surface area contributed by atoms with Crippen LogP contribution in [0.25, 0.3) is 5.69 Å². The Morgan fingerprint density at radius 2 is 2.33 bits per heavy atom. The van der Waals surface area contributed by atoms with E-state index in [0.717, 1.165) is 0 Å². The second kappa shape index (κ2) is 6.48. The topological polar surface area (TPSA) is 89.4 Å². The lowest BCUT2D eigenvalue weighted by Crippen LogP contribution is -2.33. The Bertz CT molecular complexity index is 796. The lowest BCUT2D eigenvalue weighted by molar-refractivity contribution is -0.119. The van der Waals surface area contributed by atoms with Crippen molar-refractivity contribution in [3.63, 3.8) is 0 Å². The number of amides is 2. The van der Waals surface area contributed by atoms with Gasteiger partial charge in [0.05, 0.1) is 24.5 Å². The number of hydrogen-bond acceptors (Lipinski definition) is 6. The van der Waals surface area contributed by atoms with Crippen LogP contribution in [0.4, 0.5) is 14.9 Å². The molecule has 1 N–H and O–H groups in total. The third kappa shape index (κ3) is 3.18. The SMILES string of the molecule is CC(=O)NC[C@H]1CN(c2ccc(-n3cnnc3S)c(F)c2)C(=O)O1. The minimum absolute atomic E-state index is 0.210. The zero-order chi connectivity index (χ0) is 17.3. The summed E-state index contributed by atoms with van der Waals surface area (Å²) in [6, 6.07) is 4.32. The fraction of sp³-hybridized carbons (Fsp3) is 0.286. The van der Waals surface area contributed by atoms with E-state index in [1.165, 1.54) is 34.9 Å². The highest BCUT2D eigenvalue weighted by Gasteiger charge is 2.32. The Morgan fingerprint density at radius 3 is 2.96 bits per heavy atom. The number of carbonyl (C=O) groups excluding carboxylic acids is 2. The van der Waals surface area contributed by atoms with Gasteiger partial charge in [0.2, 0.25) is 5.91 Å². The Labute approximate surface area is 142 Å². The van der Waals surface area contributed by atoms with Crippen molar-refractivity contribution in [3.05, 3.63) is 30.3 Å². The molecule has 126 valence electrons. The molecule has 0 bridgehead atoms. The van der Waals surface area contributed by atoms with Gasteiger partial charge < -0.3 is 10.1 Å². The van der Waals surface area contributed by atoms with Gasteiger partial charge in [-0.2, -0.15) is 0 Å². The minimum atomic E-state index is -0.586. The molecule has 0 spiro atoms. The fourth-order valence-corrected chi connectivity index (χ4v) is 2.57. The van der Waals surface area contributed by atoms with Crippen LogP contribution in [0.15, 0.2) is 29.7 Å².